The second-order valence-electron chi connectivity index (χ2n) is 4.43. The maximum atomic E-state index is 9.36. The Bertz CT molecular complexity index is 131. The summed E-state index contributed by atoms with van der Waals surface area (Å²) in [7, 11) is 1.61. The zero-order chi connectivity index (χ0) is 12.1. The summed E-state index contributed by atoms with van der Waals surface area (Å²) in [6.45, 7) is 4.32. The number of unbranched alkanes of at least 4 members (excludes halogenated alkanes) is 6. The van der Waals surface area contributed by atoms with Gasteiger partial charge in [-0.3, -0.25) is 0 Å². The molecular formula is C13H29NO2. The standard InChI is InChI=1S/C13H29NO2/c1-3-4-5-6-7-8-9-10-14-11-13(15)12-16-2/h13-15H,3-12H2,1-2H3. The minimum atomic E-state index is -0.366. The molecule has 3 nitrogen and oxygen atoms in total. The van der Waals surface area contributed by atoms with Gasteiger partial charge in [-0.1, -0.05) is 45.4 Å². The predicted octanol–water partition coefficient (Wildman–Crippen LogP) is 2.33. The van der Waals surface area contributed by atoms with Crippen LogP contribution in [0.1, 0.15) is 51.9 Å². The molecule has 0 rings (SSSR count). The molecule has 3 heteroatoms. The topological polar surface area (TPSA) is 41.5 Å². The fraction of sp³-hybridized carbons (Fsp3) is 1.00. The van der Waals surface area contributed by atoms with Crippen LogP contribution in [-0.4, -0.2) is 38.0 Å². The van der Waals surface area contributed by atoms with Gasteiger partial charge in [0, 0.05) is 13.7 Å². The van der Waals surface area contributed by atoms with Crippen molar-refractivity contribution in [3.63, 3.8) is 0 Å². The minimum Gasteiger partial charge on any atom is -0.389 e. The molecule has 0 spiro atoms. The van der Waals surface area contributed by atoms with Crippen molar-refractivity contribution in [2.75, 3.05) is 26.8 Å². The molecule has 0 aliphatic heterocycles. The Kier molecular flexibility index (Phi) is 12.9. The second-order valence-corrected chi connectivity index (χ2v) is 4.43. The summed E-state index contributed by atoms with van der Waals surface area (Å²) in [5.74, 6) is 0. The van der Waals surface area contributed by atoms with Gasteiger partial charge in [-0.15, -0.1) is 0 Å². The number of aliphatic hydroxyl groups excluding tert-OH is 1. The Morgan fingerprint density at radius 3 is 2.31 bits per heavy atom. The molecule has 0 aromatic heterocycles. The monoisotopic (exact) mass is 231 g/mol. The van der Waals surface area contributed by atoms with Crippen molar-refractivity contribution in [3.8, 4) is 0 Å². The van der Waals surface area contributed by atoms with Crippen molar-refractivity contribution in [2.24, 2.45) is 0 Å². The summed E-state index contributed by atoms with van der Waals surface area (Å²) < 4.78 is 4.85. The third-order valence-corrected chi connectivity index (χ3v) is 2.70. The second kappa shape index (κ2) is 12.9. The van der Waals surface area contributed by atoms with Crippen LogP contribution in [0.5, 0.6) is 0 Å². The molecule has 0 fully saturated rings. The van der Waals surface area contributed by atoms with Crippen LogP contribution in [0.25, 0.3) is 0 Å². The van der Waals surface area contributed by atoms with E-state index in [0.29, 0.717) is 13.2 Å². The smallest absolute Gasteiger partial charge is 0.0897 e. The number of aliphatic hydroxyl groups is 1. The lowest BCUT2D eigenvalue weighted by Gasteiger charge is -2.10. The van der Waals surface area contributed by atoms with Crippen molar-refractivity contribution in [1.82, 2.24) is 5.32 Å². The van der Waals surface area contributed by atoms with Gasteiger partial charge in [0.15, 0.2) is 0 Å². The maximum absolute atomic E-state index is 9.36. The highest BCUT2D eigenvalue weighted by atomic mass is 16.5. The molecule has 0 aromatic rings. The Labute approximate surface area is 101 Å². The van der Waals surface area contributed by atoms with Crippen molar-refractivity contribution in [2.45, 2.75) is 58.0 Å². The number of nitrogens with one attached hydrogen (secondary N) is 1. The first-order valence-corrected chi connectivity index (χ1v) is 6.69. The lowest BCUT2D eigenvalue weighted by atomic mass is 10.1. The van der Waals surface area contributed by atoms with E-state index in [4.69, 9.17) is 4.74 Å². The van der Waals surface area contributed by atoms with Crippen LogP contribution in [0.4, 0.5) is 0 Å². The van der Waals surface area contributed by atoms with Gasteiger partial charge >= 0.3 is 0 Å². The zero-order valence-electron chi connectivity index (χ0n) is 11.0. The molecule has 2 N–H and O–H groups in total. The Balaban J connectivity index is 2.98. The summed E-state index contributed by atoms with van der Waals surface area (Å²) >= 11 is 0. The SMILES string of the molecule is CCCCCCCCCNCC(O)COC. The van der Waals surface area contributed by atoms with Gasteiger partial charge < -0.3 is 15.2 Å². The van der Waals surface area contributed by atoms with E-state index in [2.05, 4.69) is 12.2 Å². The molecule has 0 bridgehead atoms. The van der Waals surface area contributed by atoms with E-state index < -0.39 is 0 Å². The minimum absolute atomic E-state index is 0.366. The van der Waals surface area contributed by atoms with Gasteiger partial charge in [0.2, 0.25) is 0 Å². The normalized spacial score (nSPS) is 12.9. The molecule has 0 aromatic carbocycles. The van der Waals surface area contributed by atoms with E-state index >= 15 is 0 Å². The Morgan fingerprint density at radius 1 is 1.06 bits per heavy atom. The van der Waals surface area contributed by atoms with Gasteiger partial charge in [0.05, 0.1) is 12.7 Å². The highest BCUT2D eigenvalue weighted by molar-refractivity contribution is 4.58. The van der Waals surface area contributed by atoms with Crippen LogP contribution in [0.2, 0.25) is 0 Å². The molecule has 0 saturated carbocycles. The van der Waals surface area contributed by atoms with E-state index in [0.717, 1.165) is 6.54 Å². The highest BCUT2D eigenvalue weighted by Crippen LogP contribution is 2.06. The largest absolute Gasteiger partial charge is 0.389 e. The summed E-state index contributed by atoms with van der Waals surface area (Å²) in [5.41, 5.74) is 0. The van der Waals surface area contributed by atoms with Gasteiger partial charge in [-0.05, 0) is 13.0 Å². The summed E-state index contributed by atoms with van der Waals surface area (Å²) in [6, 6.07) is 0. The van der Waals surface area contributed by atoms with Gasteiger partial charge in [0.25, 0.3) is 0 Å². The van der Waals surface area contributed by atoms with E-state index in [1.807, 2.05) is 0 Å². The van der Waals surface area contributed by atoms with E-state index in [9.17, 15) is 5.11 Å². The first-order chi connectivity index (χ1) is 7.81. The first kappa shape index (κ1) is 15.9. The van der Waals surface area contributed by atoms with E-state index in [-0.39, 0.29) is 6.10 Å². The predicted molar refractivity (Wildman–Crippen MR) is 68.7 cm³/mol. The summed E-state index contributed by atoms with van der Waals surface area (Å²) in [6.07, 6.45) is 8.96. The van der Waals surface area contributed by atoms with E-state index in [1.54, 1.807) is 7.11 Å². The molecule has 0 aliphatic rings. The van der Waals surface area contributed by atoms with E-state index in [1.165, 1.54) is 44.9 Å². The third-order valence-electron chi connectivity index (χ3n) is 2.70. The number of rotatable bonds is 12. The Morgan fingerprint density at radius 2 is 1.69 bits per heavy atom. The molecule has 1 atom stereocenters. The van der Waals surface area contributed by atoms with Crippen LogP contribution in [-0.2, 0) is 4.74 Å². The number of ether oxygens (including phenoxy) is 1. The fourth-order valence-electron chi connectivity index (χ4n) is 1.73. The lowest BCUT2D eigenvalue weighted by Crippen LogP contribution is -2.30. The molecule has 0 amide bonds. The molecule has 0 aliphatic carbocycles. The van der Waals surface area contributed by atoms with Crippen LogP contribution in [0.3, 0.4) is 0 Å². The van der Waals surface area contributed by atoms with Gasteiger partial charge in [0.1, 0.15) is 0 Å². The molecule has 0 radical (unpaired) electrons. The van der Waals surface area contributed by atoms with Crippen LogP contribution in [0.15, 0.2) is 0 Å². The van der Waals surface area contributed by atoms with Crippen LogP contribution in [0, 0.1) is 0 Å². The summed E-state index contributed by atoms with van der Waals surface area (Å²) in [5, 5.41) is 12.6. The van der Waals surface area contributed by atoms with Crippen LogP contribution >= 0.6 is 0 Å². The van der Waals surface area contributed by atoms with Gasteiger partial charge in [-0.2, -0.15) is 0 Å². The Hall–Kier alpha value is -0.120. The first-order valence-electron chi connectivity index (χ1n) is 6.69. The molecule has 16 heavy (non-hydrogen) atoms. The average molecular weight is 231 g/mol. The number of hydrogen-bond donors (Lipinski definition) is 2. The molecule has 1 unspecified atom stereocenters. The summed E-state index contributed by atoms with van der Waals surface area (Å²) in [4.78, 5) is 0. The molecular weight excluding hydrogens is 202 g/mol. The quantitative estimate of drug-likeness (QED) is 0.507. The van der Waals surface area contributed by atoms with Crippen molar-refractivity contribution >= 4 is 0 Å². The van der Waals surface area contributed by atoms with Crippen molar-refractivity contribution in [3.05, 3.63) is 0 Å². The van der Waals surface area contributed by atoms with Crippen molar-refractivity contribution < 1.29 is 9.84 Å². The van der Waals surface area contributed by atoms with Crippen molar-refractivity contribution in [1.29, 1.82) is 0 Å². The lowest BCUT2D eigenvalue weighted by molar-refractivity contribution is 0.0646. The molecule has 0 heterocycles. The average Bonchev–Trinajstić information content (AvgIpc) is 2.27. The zero-order valence-corrected chi connectivity index (χ0v) is 11.0. The maximum Gasteiger partial charge on any atom is 0.0897 e. The van der Waals surface area contributed by atoms with Crippen LogP contribution < -0.4 is 5.32 Å². The van der Waals surface area contributed by atoms with Gasteiger partial charge in [-0.25, -0.2) is 0 Å². The molecule has 98 valence electrons. The highest BCUT2D eigenvalue weighted by Gasteiger charge is 2.01. The number of hydrogen-bond acceptors (Lipinski definition) is 3. The third kappa shape index (κ3) is 12.0. The number of methoxy groups -OCH3 is 1. The fourth-order valence-corrected chi connectivity index (χ4v) is 1.73. The molecule has 0 saturated heterocycles.